The molecule has 1 aliphatic heterocycles. The van der Waals surface area contributed by atoms with Crippen molar-refractivity contribution in [3.8, 4) is 0 Å². The third kappa shape index (κ3) is 46.1. The largest absolute Gasteiger partial charge is 0.466 e. The molecule has 11 heteroatoms. The number of nitrogens with zero attached hydrogens (tertiary/aromatic N) is 1. The Morgan fingerprint density at radius 3 is 0.945 bits per heavy atom. The lowest BCUT2D eigenvalue weighted by molar-refractivity contribution is -0.160. The molecule has 0 radical (unpaired) electrons. The zero-order valence-corrected chi connectivity index (χ0v) is 48.7. The Morgan fingerprint density at radius 2 is 0.644 bits per heavy atom. The summed E-state index contributed by atoms with van der Waals surface area (Å²) in [6, 6.07) is 0. The average Bonchev–Trinajstić information content (AvgIpc) is 3.37. The maximum atomic E-state index is 12.9. The number of unbranched alkanes of at least 4 members (excludes halogenated alkanes) is 30. The van der Waals surface area contributed by atoms with Crippen molar-refractivity contribution >= 4 is 17.9 Å². The van der Waals surface area contributed by atoms with E-state index in [2.05, 4.69) is 32.6 Å². The molecule has 73 heavy (non-hydrogen) atoms. The fraction of sp³-hybridized carbons (Fsp3) is 0.952. The van der Waals surface area contributed by atoms with Crippen molar-refractivity contribution in [3.05, 3.63) is 0 Å². The summed E-state index contributed by atoms with van der Waals surface area (Å²) in [5.74, 6) is -0.335. The highest BCUT2D eigenvalue weighted by Gasteiger charge is 2.32. The van der Waals surface area contributed by atoms with E-state index in [9.17, 15) is 14.4 Å². The molecule has 0 bridgehead atoms. The molecule has 0 amide bonds. The fourth-order valence-electron chi connectivity index (χ4n) is 9.54. The van der Waals surface area contributed by atoms with E-state index in [1.54, 1.807) is 0 Å². The monoisotopic (exact) mass is 1040 g/mol. The summed E-state index contributed by atoms with van der Waals surface area (Å²) < 4.78 is 41.7. The first kappa shape index (κ1) is 69.2. The second kappa shape index (κ2) is 53.6. The Balaban J connectivity index is 2.28. The van der Waals surface area contributed by atoms with Gasteiger partial charge in [-0.2, -0.15) is 0 Å². The van der Waals surface area contributed by atoms with Gasteiger partial charge in [0, 0.05) is 52.4 Å². The number of likely N-dealkylation sites (tertiary alicyclic amines) is 1. The third-order valence-electron chi connectivity index (χ3n) is 14.4. The van der Waals surface area contributed by atoms with E-state index in [-0.39, 0.29) is 42.5 Å². The molecule has 0 aliphatic carbocycles. The molecule has 432 valence electrons. The number of ether oxygens (including phenoxy) is 7. The Kier molecular flexibility index (Phi) is 50.8. The van der Waals surface area contributed by atoms with Crippen LogP contribution in [0.1, 0.15) is 297 Å². The maximum Gasteiger partial charge on any atom is 0.311 e. The number of carbonyl (C=O) groups is 3. The molecular weight excluding hydrogens is 919 g/mol. The first-order valence-electron chi connectivity index (χ1n) is 31.5. The summed E-state index contributed by atoms with van der Waals surface area (Å²) in [5.41, 5.74) is 0. The minimum absolute atomic E-state index is 0.0107. The van der Waals surface area contributed by atoms with Gasteiger partial charge in [-0.3, -0.25) is 14.4 Å². The number of hydrogen-bond acceptors (Lipinski definition) is 11. The molecule has 1 fully saturated rings. The van der Waals surface area contributed by atoms with Crippen LogP contribution in [0.15, 0.2) is 0 Å². The molecule has 0 aromatic carbocycles. The fourth-order valence-corrected chi connectivity index (χ4v) is 9.54. The van der Waals surface area contributed by atoms with Gasteiger partial charge in [0.15, 0.2) is 12.6 Å². The Bertz CT molecular complexity index is 1090. The Hall–Kier alpha value is -1.79. The smallest absolute Gasteiger partial charge is 0.311 e. The molecular formula is C62H119NO10. The van der Waals surface area contributed by atoms with E-state index in [1.807, 2.05) is 7.05 Å². The molecule has 0 atom stereocenters. The molecule has 0 saturated carbocycles. The predicted molar refractivity (Wildman–Crippen MR) is 301 cm³/mol. The van der Waals surface area contributed by atoms with Gasteiger partial charge in [-0.25, -0.2) is 0 Å². The highest BCUT2D eigenvalue weighted by Crippen LogP contribution is 2.22. The molecule has 1 aliphatic rings. The van der Waals surface area contributed by atoms with Crippen LogP contribution in [-0.4, -0.2) is 101 Å². The van der Waals surface area contributed by atoms with Crippen LogP contribution in [0.25, 0.3) is 0 Å². The minimum Gasteiger partial charge on any atom is -0.466 e. The average molecular weight is 1040 g/mol. The van der Waals surface area contributed by atoms with E-state index in [0.717, 1.165) is 129 Å². The number of esters is 3. The van der Waals surface area contributed by atoms with Gasteiger partial charge in [-0.15, -0.1) is 0 Å². The molecule has 1 rings (SSSR count). The van der Waals surface area contributed by atoms with Crippen LogP contribution < -0.4 is 0 Å². The van der Waals surface area contributed by atoms with Crippen LogP contribution in [0.5, 0.6) is 0 Å². The molecule has 11 nitrogen and oxygen atoms in total. The van der Waals surface area contributed by atoms with Gasteiger partial charge in [-0.1, -0.05) is 207 Å². The van der Waals surface area contributed by atoms with Gasteiger partial charge in [0.25, 0.3) is 0 Å². The number of hydrogen-bond donors (Lipinski definition) is 0. The highest BCUT2D eigenvalue weighted by atomic mass is 16.7. The van der Waals surface area contributed by atoms with Gasteiger partial charge >= 0.3 is 17.9 Å². The Labute approximate surface area is 450 Å². The first-order chi connectivity index (χ1) is 35.8. The number of carbonyl (C=O) groups excluding carboxylic acids is 3. The van der Waals surface area contributed by atoms with Crippen molar-refractivity contribution < 1.29 is 47.5 Å². The van der Waals surface area contributed by atoms with Crippen LogP contribution in [0.2, 0.25) is 0 Å². The zero-order valence-electron chi connectivity index (χ0n) is 48.7. The molecule has 0 aromatic rings. The lowest BCUT2D eigenvalue weighted by Gasteiger charge is -2.35. The SMILES string of the molecule is CCCCCCCCOC(CCC(=O)OCCCCCCCCC(CCCCCCCCOC(=O)CCC(OCCCCCCCC)OCCCCCCCC)OC(=O)C1CN(C)C1)OCCCCCCCC. The molecule has 0 spiro atoms. The van der Waals surface area contributed by atoms with Crippen LogP contribution >= 0.6 is 0 Å². The summed E-state index contributed by atoms with van der Waals surface area (Å²) in [7, 11) is 2.05. The molecule has 1 heterocycles. The number of rotatable bonds is 58. The van der Waals surface area contributed by atoms with E-state index in [4.69, 9.17) is 33.2 Å². The van der Waals surface area contributed by atoms with E-state index < -0.39 is 0 Å². The van der Waals surface area contributed by atoms with Crippen molar-refractivity contribution in [2.24, 2.45) is 5.92 Å². The standard InChI is InChI=1S/C62H119NO10/c1-6-10-14-18-28-38-50-69-60(70-51-39-29-19-15-11-7-2)46-44-58(64)67-48-36-32-24-22-26-34-42-57(73-62(66)56-54-63(5)55-56)43-35-27-23-25-33-37-49-68-59(65)45-47-61(71-52-40-30-20-16-12-8-3)72-53-41-31-21-17-13-9-4/h56-57,60-61H,6-55H2,1-5H3. The summed E-state index contributed by atoms with van der Waals surface area (Å²) in [6.45, 7) is 14.2. The van der Waals surface area contributed by atoms with Crippen molar-refractivity contribution in [2.75, 3.05) is 59.8 Å². The van der Waals surface area contributed by atoms with Crippen molar-refractivity contribution in [1.82, 2.24) is 4.90 Å². The summed E-state index contributed by atoms with van der Waals surface area (Å²) in [6.07, 6.45) is 44.8. The lowest BCUT2D eigenvalue weighted by Crippen LogP contribution is -2.49. The van der Waals surface area contributed by atoms with Crippen LogP contribution in [0.4, 0.5) is 0 Å². The first-order valence-corrected chi connectivity index (χ1v) is 31.5. The molecule has 0 aromatic heterocycles. The maximum absolute atomic E-state index is 12.9. The Morgan fingerprint density at radius 1 is 0.370 bits per heavy atom. The van der Waals surface area contributed by atoms with E-state index in [0.29, 0.717) is 65.3 Å². The predicted octanol–water partition coefficient (Wildman–Crippen LogP) is 16.7. The van der Waals surface area contributed by atoms with E-state index in [1.165, 1.54) is 128 Å². The van der Waals surface area contributed by atoms with Gasteiger partial charge in [0.2, 0.25) is 0 Å². The van der Waals surface area contributed by atoms with Crippen LogP contribution in [0.3, 0.4) is 0 Å². The van der Waals surface area contributed by atoms with Crippen LogP contribution in [-0.2, 0) is 47.5 Å². The zero-order chi connectivity index (χ0) is 52.9. The molecule has 0 N–H and O–H groups in total. The van der Waals surface area contributed by atoms with Gasteiger partial charge in [-0.05, 0) is 71.3 Å². The summed E-state index contributed by atoms with van der Waals surface area (Å²) in [4.78, 5) is 40.3. The second-order valence-corrected chi connectivity index (χ2v) is 21.7. The quantitative estimate of drug-likeness (QED) is 0.0251. The topological polar surface area (TPSA) is 119 Å². The minimum atomic E-state index is -0.334. The van der Waals surface area contributed by atoms with Crippen molar-refractivity contribution in [3.63, 3.8) is 0 Å². The second-order valence-electron chi connectivity index (χ2n) is 21.7. The van der Waals surface area contributed by atoms with Crippen LogP contribution in [0, 0.1) is 5.92 Å². The van der Waals surface area contributed by atoms with E-state index >= 15 is 0 Å². The lowest BCUT2D eigenvalue weighted by atomic mass is 10.00. The molecule has 1 saturated heterocycles. The van der Waals surface area contributed by atoms with Crippen molar-refractivity contribution in [2.45, 2.75) is 316 Å². The summed E-state index contributed by atoms with van der Waals surface area (Å²) in [5, 5.41) is 0. The summed E-state index contributed by atoms with van der Waals surface area (Å²) >= 11 is 0. The highest BCUT2D eigenvalue weighted by molar-refractivity contribution is 5.74. The van der Waals surface area contributed by atoms with Gasteiger partial charge in [0.1, 0.15) is 6.10 Å². The van der Waals surface area contributed by atoms with Gasteiger partial charge < -0.3 is 38.1 Å². The van der Waals surface area contributed by atoms with Crippen molar-refractivity contribution in [1.29, 1.82) is 0 Å². The normalized spacial score (nSPS) is 13.2. The molecule has 0 unspecified atom stereocenters. The van der Waals surface area contributed by atoms with Gasteiger partial charge in [0.05, 0.1) is 32.0 Å². The third-order valence-corrected chi connectivity index (χ3v) is 14.4.